The van der Waals surface area contributed by atoms with E-state index < -0.39 is 0 Å². The maximum Gasteiger partial charge on any atom is 0.257 e. The fraction of sp³-hybridized carbons (Fsp3) is 0.125. The number of amides is 2. The molecule has 0 unspecified atom stereocenters. The molecule has 1 aliphatic rings. The number of likely N-dealkylation sites (N-methyl/N-ethyl adjacent to an activating group) is 1. The fourth-order valence-corrected chi connectivity index (χ4v) is 2.61. The first-order chi connectivity index (χ1) is 10.1. The molecule has 0 aliphatic carbocycles. The lowest BCUT2D eigenvalue weighted by molar-refractivity contribution is -0.117. The number of carbonyl (C=O) groups is 2. The molecular weight excluding hydrogens is 288 g/mol. The van der Waals surface area contributed by atoms with Crippen molar-refractivity contribution in [3.63, 3.8) is 0 Å². The second kappa shape index (κ2) is 5.22. The lowest BCUT2D eigenvalue weighted by Crippen LogP contribution is -2.20. The number of rotatable bonds is 2. The van der Waals surface area contributed by atoms with Gasteiger partial charge in [0.2, 0.25) is 5.91 Å². The molecule has 0 saturated heterocycles. The van der Waals surface area contributed by atoms with Gasteiger partial charge >= 0.3 is 0 Å². The average molecular weight is 301 g/mol. The normalized spacial score (nSPS) is 13.2. The molecule has 1 aliphatic heterocycles. The summed E-state index contributed by atoms with van der Waals surface area (Å²) >= 11 is 6.01. The Bertz CT molecular complexity index is 743. The number of benzene rings is 2. The van der Waals surface area contributed by atoms with Gasteiger partial charge in [0.05, 0.1) is 17.0 Å². The van der Waals surface area contributed by atoms with E-state index in [0.717, 1.165) is 11.3 Å². The van der Waals surface area contributed by atoms with E-state index in [0.29, 0.717) is 22.7 Å². The fourth-order valence-electron chi connectivity index (χ4n) is 2.39. The SMILES string of the molecule is CN1C(=O)Cc2cc(NC(=O)c3ccccc3Cl)ccc21. The van der Waals surface area contributed by atoms with Gasteiger partial charge in [-0.25, -0.2) is 0 Å². The molecule has 0 aromatic heterocycles. The van der Waals surface area contributed by atoms with E-state index in [4.69, 9.17) is 11.6 Å². The number of fused-ring (bicyclic) bond motifs is 1. The Balaban J connectivity index is 1.84. The summed E-state index contributed by atoms with van der Waals surface area (Å²) in [4.78, 5) is 25.5. The second-order valence-corrected chi connectivity index (χ2v) is 5.31. The van der Waals surface area contributed by atoms with Crippen molar-refractivity contribution in [1.29, 1.82) is 0 Å². The zero-order valence-corrected chi connectivity index (χ0v) is 12.1. The van der Waals surface area contributed by atoms with Gasteiger partial charge in [0, 0.05) is 18.4 Å². The Morgan fingerprint density at radius 3 is 2.76 bits per heavy atom. The number of nitrogens with one attached hydrogen (secondary N) is 1. The summed E-state index contributed by atoms with van der Waals surface area (Å²) in [5.41, 5.74) is 2.88. The van der Waals surface area contributed by atoms with Crippen LogP contribution >= 0.6 is 11.6 Å². The summed E-state index contributed by atoms with van der Waals surface area (Å²) in [7, 11) is 1.75. The zero-order chi connectivity index (χ0) is 15.0. The van der Waals surface area contributed by atoms with Gasteiger partial charge in [-0.15, -0.1) is 0 Å². The molecular formula is C16H13ClN2O2. The third kappa shape index (κ3) is 2.50. The van der Waals surface area contributed by atoms with Crippen molar-refractivity contribution in [3.8, 4) is 0 Å². The summed E-state index contributed by atoms with van der Waals surface area (Å²) in [6.45, 7) is 0. The van der Waals surface area contributed by atoms with Gasteiger partial charge in [-0.05, 0) is 35.9 Å². The van der Waals surface area contributed by atoms with Crippen LogP contribution in [0.25, 0.3) is 0 Å². The van der Waals surface area contributed by atoms with E-state index in [9.17, 15) is 9.59 Å². The van der Waals surface area contributed by atoms with E-state index in [1.54, 1.807) is 42.3 Å². The highest BCUT2D eigenvalue weighted by Gasteiger charge is 2.24. The Kier molecular flexibility index (Phi) is 3.39. The van der Waals surface area contributed by atoms with E-state index in [-0.39, 0.29) is 11.8 Å². The Labute approximate surface area is 127 Å². The zero-order valence-electron chi connectivity index (χ0n) is 11.4. The largest absolute Gasteiger partial charge is 0.322 e. The minimum absolute atomic E-state index is 0.0552. The van der Waals surface area contributed by atoms with Crippen LogP contribution in [0.15, 0.2) is 42.5 Å². The number of halogens is 1. The minimum Gasteiger partial charge on any atom is -0.322 e. The van der Waals surface area contributed by atoms with Gasteiger partial charge in [-0.2, -0.15) is 0 Å². The first kappa shape index (κ1) is 13.6. The number of anilines is 2. The van der Waals surface area contributed by atoms with Gasteiger partial charge in [0.25, 0.3) is 5.91 Å². The van der Waals surface area contributed by atoms with Gasteiger partial charge < -0.3 is 10.2 Å². The smallest absolute Gasteiger partial charge is 0.257 e. The highest BCUT2D eigenvalue weighted by molar-refractivity contribution is 6.34. The highest BCUT2D eigenvalue weighted by Crippen LogP contribution is 2.30. The molecule has 1 heterocycles. The summed E-state index contributed by atoms with van der Waals surface area (Å²) in [6, 6.07) is 12.3. The Morgan fingerprint density at radius 2 is 2.00 bits per heavy atom. The number of carbonyl (C=O) groups excluding carboxylic acids is 2. The first-order valence-corrected chi connectivity index (χ1v) is 6.89. The molecule has 21 heavy (non-hydrogen) atoms. The molecule has 0 bridgehead atoms. The third-order valence-electron chi connectivity index (χ3n) is 3.53. The molecule has 0 radical (unpaired) electrons. The average Bonchev–Trinajstić information content (AvgIpc) is 2.74. The number of nitrogens with zero attached hydrogens (tertiary/aromatic N) is 1. The summed E-state index contributed by atoms with van der Waals surface area (Å²) < 4.78 is 0. The van der Waals surface area contributed by atoms with Gasteiger partial charge in [0.15, 0.2) is 0 Å². The third-order valence-corrected chi connectivity index (χ3v) is 3.86. The van der Waals surface area contributed by atoms with E-state index in [1.807, 2.05) is 12.1 Å². The number of hydrogen-bond donors (Lipinski definition) is 1. The lowest BCUT2D eigenvalue weighted by Gasteiger charge is -2.11. The van der Waals surface area contributed by atoms with Crippen molar-refractivity contribution in [2.75, 3.05) is 17.3 Å². The summed E-state index contributed by atoms with van der Waals surface area (Å²) in [5, 5.41) is 3.21. The van der Waals surface area contributed by atoms with E-state index >= 15 is 0 Å². The molecule has 4 nitrogen and oxygen atoms in total. The standard InChI is InChI=1S/C16H13ClN2O2/c1-19-14-7-6-11(8-10(14)9-15(19)20)18-16(21)12-4-2-3-5-13(12)17/h2-8H,9H2,1H3,(H,18,21). The van der Waals surface area contributed by atoms with Crippen LogP contribution in [0, 0.1) is 0 Å². The van der Waals surface area contributed by atoms with Crippen LogP contribution in [0.4, 0.5) is 11.4 Å². The molecule has 2 aromatic rings. The van der Waals surface area contributed by atoms with Crippen LogP contribution in [-0.4, -0.2) is 18.9 Å². The molecule has 0 atom stereocenters. The van der Waals surface area contributed by atoms with Crippen LogP contribution in [0.1, 0.15) is 15.9 Å². The predicted molar refractivity (Wildman–Crippen MR) is 83.0 cm³/mol. The molecule has 2 aromatic carbocycles. The minimum atomic E-state index is -0.266. The van der Waals surface area contributed by atoms with Crippen LogP contribution in [0.2, 0.25) is 5.02 Å². The topological polar surface area (TPSA) is 49.4 Å². The van der Waals surface area contributed by atoms with Crippen LogP contribution < -0.4 is 10.2 Å². The van der Waals surface area contributed by atoms with Crippen molar-refractivity contribution in [1.82, 2.24) is 0 Å². The molecule has 3 rings (SSSR count). The maximum atomic E-state index is 12.2. The molecule has 0 fully saturated rings. The van der Waals surface area contributed by atoms with Crippen LogP contribution in [0.5, 0.6) is 0 Å². The highest BCUT2D eigenvalue weighted by atomic mass is 35.5. The van der Waals surface area contributed by atoms with E-state index in [2.05, 4.69) is 5.32 Å². The van der Waals surface area contributed by atoms with Gasteiger partial charge in [0.1, 0.15) is 0 Å². The first-order valence-electron chi connectivity index (χ1n) is 6.51. The maximum absolute atomic E-state index is 12.2. The summed E-state index contributed by atoms with van der Waals surface area (Å²) in [6.07, 6.45) is 0.363. The van der Waals surface area contributed by atoms with Crippen molar-refractivity contribution < 1.29 is 9.59 Å². The van der Waals surface area contributed by atoms with Crippen molar-refractivity contribution >= 4 is 34.8 Å². The van der Waals surface area contributed by atoms with Gasteiger partial charge in [-0.1, -0.05) is 23.7 Å². The molecule has 0 spiro atoms. The Morgan fingerprint density at radius 1 is 1.24 bits per heavy atom. The lowest BCUT2D eigenvalue weighted by atomic mass is 10.1. The molecule has 0 saturated carbocycles. The van der Waals surface area contributed by atoms with Crippen molar-refractivity contribution in [3.05, 3.63) is 58.6 Å². The van der Waals surface area contributed by atoms with Crippen LogP contribution in [0.3, 0.4) is 0 Å². The summed E-state index contributed by atoms with van der Waals surface area (Å²) in [5.74, 6) is -0.210. The van der Waals surface area contributed by atoms with Crippen LogP contribution in [-0.2, 0) is 11.2 Å². The molecule has 106 valence electrons. The van der Waals surface area contributed by atoms with E-state index in [1.165, 1.54) is 0 Å². The number of hydrogen-bond acceptors (Lipinski definition) is 2. The molecule has 2 amide bonds. The second-order valence-electron chi connectivity index (χ2n) is 4.91. The Hall–Kier alpha value is -2.33. The van der Waals surface area contributed by atoms with Crippen molar-refractivity contribution in [2.24, 2.45) is 0 Å². The quantitative estimate of drug-likeness (QED) is 0.926. The molecule has 5 heteroatoms. The van der Waals surface area contributed by atoms with Crippen molar-refractivity contribution in [2.45, 2.75) is 6.42 Å². The molecule has 1 N–H and O–H groups in total. The predicted octanol–water partition coefficient (Wildman–Crippen LogP) is 3.11. The monoisotopic (exact) mass is 300 g/mol. The van der Waals surface area contributed by atoms with Gasteiger partial charge in [-0.3, -0.25) is 9.59 Å².